The van der Waals surface area contributed by atoms with E-state index in [0.717, 1.165) is 6.26 Å². The summed E-state index contributed by atoms with van der Waals surface area (Å²) in [6.07, 6.45) is 1.07. The molecule has 0 aliphatic heterocycles. The number of carbonyl (C=O) groups is 3. The first-order valence-corrected chi connectivity index (χ1v) is 8.79. The van der Waals surface area contributed by atoms with Crippen LogP contribution in [-0.2, 0) is 14.8 Å². The topological polar surface area (TPSA) is 121 Å². The minimum absolute atomic E-state index is 0.0270. The van der Waals surface area contributed by atoms with Crippen molar-refractivity contribution in [3.8, 4) is 0 Å². The zero-order valence-electron chi connectivity index (χ0n) is 12.9. The predicted octanol–water partition coefficient (Wildman–Crippen LogP) is 0.867. The van der Waals surface area contributed by atoms with Crippen LogP contribution in [0.1, 0.15) is 30.1 Å². The monoisotopic (exact) mass is 341 g/mol. The van der Waals surface area contributed by atoms with Gasteiger partial charge in [0.25, 0.3) is 0 Å². The van der Waals surface area contributed by atoms with Crippen LogP contribution < -0.4 is 15.4 Å². The van der Waals surface area contributed by atoms with Gasteiger partial charge in [0.05, 0.1) is 6.26 Å². The molecule has 1 aromatic rings. The van der Waals surface area contributed by atoms with Crippen molar-refractivity contribution in [2.24, 2.45) is 0 Å². The average Bonchev–Trinajstić information content (AvgIpc) is 2.44. The molecular formula is C14H19N3O5S. The molecule has 0 bridgehead atoms. The Morgan fingerprint density at radius 2 is 1.87 bits per heavy atom. The Balaban J connectivity index is 2.45. The zero-order valence-corrected chi connectivity index (χ0v) is 13.7. The van der Waals surface area contributed by atoms with Crippen molar-refractivity contribution in [1.29, 1.82) is 0 Å². The van der Waals surface area contributed by atoms with Crippen molar-refractivity contribution >= 4 is 33.4 Å². The number of anilines is 1. The molecule has 0 saturated carbocycles. The lowest BCUT2D eigenvalue weighted by molar-refractivity contribution is -0.119. The lowest BCUT2D eigenvalue weighted by atomic mass is 10.1. The minimum atomic E-state index is -3.60. The second kappa shape index (κ2) is 8.28. The largest absolute Gasteiger partial charge is 0.337 e. The van der Waals surface area contributed by atoms with Crippen molar-refractivity contribution in [3.05, 3.63) is 29.8 Å². The van der Waals surface area contributed by atoms with E-state index in [1.54, 1.807) is 35.9 Å². The molecule has 9 heteroatoms. The number of rotatable bonds is 7. The smallest absolute Gasteiger partial charge is 0.319 e. The van der Waals surface area contributed by atoms with Gasteiger partial charge in [-0.05, 0) is 12.1 Å². The first-order chi connectivity index (χ1) is 10.7. The lowest BCUT2D eigenvalue weighted by Gasteiger charge is -2.08. The maximum atomic E-state index is 11.7. The van der Waals surface area contributed by atoms with Crippen LogP contribution in [0.5, 0.6) is 0 Å². The van der Waals surface area contributed by atoms with Gasteiger partial charge in [0.1, 0.15) is 0 Å². The Kier molecular flexibility index (Phi) is 6.70. The SMILES string of the molecule is CCC(=O)c1cccc(NC(=O)NCCC(=O)NS(C)(=O)=O)c1. The summed E-state index contributed by atoms with van der Waals surface area (Å²) < 4.78 is 23.5. The summed E-state index contributed by atoms with van der Waals surface area (Å²) >= 11 is 0. The van der Waals surface area contributed by atoms with Crippen LogP contribution in [0, 0.1) is 0 Å². The van der Waals surface area contributed by atoms with Crippen LogP contribution in [0.15, 0.2) is 24.3 Å². The van der Waals surface area contributed by atoms with Crippen molar-refractivity contribution in [1.82, 2.24) is 10.0 Å². The fraction of sp³-hybridized carbons (Fsp3) is 0.357. The van der Waals surface area contributed by atoms with Crippen LogP contribution >= 0.6 is 0 Å². The van der Waals surface area contributed by atoms with Gasteiger partial charge in [0.2, 0.25) is 15.9 Å². The molecule has 0 atom stereocenters. The Hall–Kier alpha value is -2.42. The lowest BCUT2D eigenvalue weighted by Crippen LogP contribution is -2.35. The molecule has 1 rings (SSSR count). The van der Waals surface area contributed by atoms with Crippen molar-refractivity contribution in [3.63, 3.8) is 0 Å². The van der Waals surface area contributed by atoms with Gasteiger partial charge in [0, 0.05) is 30.6 Å². The van der Waals surface area contributed by atoms with Gasteiger partial charge < -0.3 is 10.6 Å². The molecule has 0 radical (unpaired) electrons. The highest BCUT2D eigenvalue weighted by molar-refractivity contribution is 7.89. The second-order valence-electron chi connectivity index (χ2n) is 4.79. The third kappa shape index (κ3) is 7.41. The van der Waals surface area contributed by atoms with Gasteiger partial charge in [-0.3, -0.25) is 14.3 Å². The molecule has 0 spiro atoms. The number of amides is 3. The molecule has 0 aliphatic carbocycles. The summed E-state index contributed by atoms with van der Waals surface area (Å²) in [4.78, 5) is 34.5. The van der Waals surface area contributed by atoms with Crippen LogP contribution in [0.4, 0.5) is 10.5 Å². The van der Waals surface area contributed by atoms with E-state index in [9.17, 15) is 22.8 Å². The van der Waals surface area contributed by atoms with E-state index in [1.807, 2.05) is 0 Å². The number of carbonyl (C=O) groups excluding carboxylic acids is 3. The third-order valence-electron chi connectivity index (χ3n) is 2.70. The zero-order chi connectivity index (χ0) is 17.5. The Bertz CT molecular complexity index is 700. The number of sulfonamides is 1. The molecule has 3 N–H and O–H groups in total. The Labute approximate surface area is 134 Å². The van der Waals surface area contributed by atoms with Crippen LogP contribution in [-0.4, -0.2) is 38.9 Å². The fourth-order valence-corrected chi connectivity index (χ4v) is 2.21. The molecule has 1 aromatic carbocycles. The van der Waals surface area contributed by atoms with Gasteiger partial charge in [-0.2, -0.15) is 0 Å². The molecular weight excluding hydrogens is 322 g/mol. The molecule has 3 amide bonds. The number of nitrogens with one attached hydrogen (secondary N) is 3. The van der Waals surface area contributed by atoms with Gasteiger partial charge in [-0.1, -0.05) is 19.1 Å². The highest BCUT2D eigenvalue weighted by Gasteiger charge is 2.09. The Morgan fingerprint density at radius 1 is 1.17 bits per heavy atom. The van der Waals surface area contributed by atoms with E-state index >= 15 is 0 Å². The van der Waals surface area contributed by atoms with Gasteiger partial charge >= 0.3 is 6.03 Å². The average molecular weight is 341 g/mol. The molecule has 23 heavy (non-hydrogen) atoms. The fourth-order valence-electron chi connectivity index (χ4n) is 1.70. The van der Waals surface area contributed by atoms with E-state index in [0.29, 0.717) is 17.7 Å². The molecule has 0 unspecified atom stereocenters. The van der Waals surface area contributed by atoms with Crippen molar-refractivity contribution in [2.75, 3.05) is 18.1 Å². The summed E-state index contributed by atoms with van der Waals surface area (Å²) in [5, 5.41) is 4.95. The number of urea groups is 1. The number of Topliss-reactive ketones (excluding diaryl/α,β-unsaturated/α-hetero) is 1. The van der Waals surface area contributed by atoms with E-state index in [4.69, 9.17) is 0 Å². The molecule has 0 saturated heterocycles. The number of ketones is 1. The summed E-state index contributed by atoms with van der Waals surface area (Å²) in [6.45, 7) is 1.72. The first kappa shape index (κ1) is 18.6. The normalized spacial score (nSPS) is 10.7. The summed E-state index contributed by atoms with van der Waals surface area (Å²) in [5.41, 5.74) is 0.945. The highest BCUT2D eigenvalue weighted by atomic mass is 32.2. The van der Waals surface area contributed by atoms with Gasteiger partial charge in [-0.15, -0.1) is 0 Å². The van der Waals surface area contributed by atoms with Crippen LogP contribution in [0.3, 0.4) is 0 Å². The van der Waals surface area contributed by atoms with Crippen LogP contribution in [0.25, 0.3) is 0 Å². The van der Waals surface area contributed by atoms with Crippen molar-refractivity contribution in [2.45, 2.75) is 19.8 Å². The summed E-state index contributed by atoms with van der Waals surface area (Å²) in [7, 11) is -3.60. The number of hydrogen-bond donors (Lipinski definition) is 3. The first-order valence-electron chi connectivity index (χ1n) is 6.90. The maximum Gasteiger partial charge on any atom is 0.319 e. The number of hydrogen-bond acceptors (Lipinski definition) is 5. The number of benzene rings is 1. The van der Waals surface area contributed by atoms with E-state index in [1.165, 1.54) is 0 Å². The second-order valence-corrected chi connectivity index (χ2v) is 6.53. The molecule has 126 valence electrons. The minimum Gasteiger partial charge on any atom is -0.337 e. The van der Waals surface area contributed by atoms with E-state index in [2.05, 4.69) is 10.6 Å². The predicted molar refractivity (Wildman–Crippen MR) is 85.7 cm³/mol. The third-order valence-corrected chi connectivity index (χ3v) is 3.30. The quantitative estimate of drug-likeness (QED) is 0.635. The molecule has 0 fully saturated rings. The van der Waals surface area contributed by atoms with Crippen LogP contribution in [0.2, 0.25) is 0 Å². The Morgan fingerprint density at radius 3 is 2.48 bits per heavy atom. The molecule has 0 aliphatic rings. The van der Waals surface area contributed by atoms with Crippen molar-refractivity contribution < 1.29 is 22.8 Å². The summed E-state index contributed by atoms with van der Waals surface area (Å²) in [6, 6.07) is 5.94. The van der Waals surface area contributed by atoms with Gasteiger partial charge in [-0.25, -0.2) is 13.2 Å². The summed E-state index contributed by atoms with van der Waals surface area (Å²) in [5.74, 6) is -0.741. The maximum absolute atomic E-state index is 11.7. The molecule has 0 heterocycles. The molecule has 0 aromatic heterocycles. The molecule has 8 nitrogen and oxygen atoms in total. The van der Waals surface area contributed by atoms with Gasteiger partial charge in [0.15, 0.2) is 5.78 Å². The van der Waals surface area contributed by atoms with E-state index < -0.39 is 22.0 Å². The standard InChI is InChI=1S/C14H19N3O5S/c1-3-12(18)10-5-4-6-11(9-10)16-14(20)15-8-7-13(19)17-23(2,21)22/h4-6,9H,3,7-8H2,1-2H3,(H,17,19)(H2,15,16,20). The highest BCUT2D eigenvalue weighted by Crippen LogP contribution is 2.12. The van der Waals surface area contributed by atoms with E-state index in [-0.39, 0.29) is 18.7 Å².